The average molecular weight is 402 g/mol. The van der Waals surface area contributed by atoms with E-state index >= 15 is 0 Å². The normalized spacial score (nSPS) is 10.9. The summed E-state index contributed by atoms with van der Waals surface area (Å²) in [6.07, 6.45) is 4.00. The van der Waals surface area contributed by atoms with Gasteiger partial charge in [-0.05, 0) is 12.5 Å². The smallest absolute Gasteiger partial charge is 0.246 e. The summed E-state index contributed by atoms with van der Waals surface area (Å²) in [5, 5.41) is 2.71. The fourth-order valence-corrected chi connectivity index (χ4v) is 1.89. The summed E-state index contributed by atoms with van der Waals surface area (Å²) < 4.78 is 21.3. The standard InChI is InChI=1S/C19H34N2O7/c1-3-10-25-12-14-27-16-17-28-15-13-26-11-7-20-18(23)6-8-21(2)19(24)5-4-9-22/h4-5,9H,3,6-8,10-17H2,1-2H3,(H,20,23)/b5-4-. The largest absolute Gasteiger partial charge is 0.379 e. The van der Waals surface area contributed by atoms with Gasteiger partial charge in [-0.1, -0.05) is 6.92 Å². The van der Waals surface area contributed by atoms with Gasteiger partial charge in [-0.3, -0.25) is 14.4 Å². The number of allylic oxidation sites excluding steroid dienone is 1. The quantitative estimate of drug-likeness (QED) is 0.187. The Bertz CT molecular complexity index is 444. The van der Waals surface area contributed by atoms with E-state index < -0.39 is 0 Å². The van der Waals surface area contributed by atoms with Gasteiger partial charge in [0.2, 0.25) is 11.8 Å². The fourth-order valence-electron chi connectivity index (χ4n) is 1.89. The first-order valence-corrected chi connectivity index (χ1v) is 9.56. The van der Waals surface area contributed by atoms with Crippen LogP contribution in [0.2, 0.25) is 0 Å². The number of nitrogens with one attached hydrogen (secondary N) is 1. The Morgan fingerprint density at radius 3 is 1.96 bits per heavy atom. The maximum absolute atomic E-state index is 11.7. The van der Waals surface area contributed by atoms with E-state index in [1.165, 1.54) is 4.90 Å². The molecular weight excluding hydrogens is 368 g/mol. The van der Waals surface area contributed by atoms with Gasteiger partial charge in [0.15, 0.2) is 0 Å². The Labute approximate surface area is 167 Å². The number of nitrogens with zero attached hydrogens (tertiary/aromatic N) is 1. The molecular formula is C19H34N2O7. The lowest BCUT2D eigenvalue weighted by molar-refractivity contribution is -0.126. The Morgan fingerprint density at radius 2 is 1.43 bits per heavy atom. The molecule has 0 aromatic heterocycles. The van der Waals surface area contributed by atoms with Gasteiger partial charge in [-0.25, -0.2) is 0 Å². The van der Waals surface area contributed by atoms with Crippen LogP contribution >= 0.6 is 0 Å². The highest BCUT2D eigenvalue weighted by Crippen LogP contribution is 1.91. The molecule has 0 aliphatic rings. The predicted molar refractivity (Wildman–Crippen MR) is 104 cm³/mol. The molecule has 0 fully saturated rings. The van der Waals surface area contributed by atoms with Crippen LogP contribution in [0.4, 0.5) is 0 Å². The van der Waals surface area contributed by atoms with Gasteiger partial charge in [0.05, 0.1) is 46.2 Å². The highest BCUT2D eigenvalue weighted by Gasteiger charge is 2.07. The molecule has 0 aromatic carbocycles. The molecule has 0 aromatic rings. The van der Waals surface area contributed by atoms with Gasteiger partial charge in [-0.15, -0.1) is 0 Å². The van der Waals surface area contributed by atoms with Crippen LogP contribution in [0.25, 0.3) is 0 Å². The van der Waals surface area contributed by atoms with Crippen molar-refractivity contribution < 1.29 is 33.3 Å². The Balaban J connectivity index is 3.37. The van der Waals surface area contributed by atoms with Crippen molar-refractivity contribution in [2.45, 2.75) is 19.8 Å². The number of hydrogen-bond donors (Lipinski definition) is 1. The first-order valence-electron chi connectivity index (χ1n) is 9.56. The van der Waals surface area contributed by atoms with E-state index in [0.717, 1.165) is 25.2 Å². The zero-order valence-corrected chi connectivity index (χ0v) is 17.0. The van der Waals surface area contributed by atoms with E-state index in [4.69, 9.17) is 18.9 Å². The van der Waals surface area contributed by atoms with Crippen molar-refractivity contribution in [2.24, 2.45) is 0 Å². The zero-order valence-electron chi connectivity index (χ0n) is 17.0. The monoisotopic (exact) mass is 402 g/mol. The molecule has 0 heterocycles. The number of hydrogen-bond acceptors (Lipinski definition) is 7. The maximum atomic E-state index is 11.7. The Morgan fingerprint density at radius 1 is 0.893 bits per heavy atom. The number of rotatable bonds is 19. The number of ether oxygens (including phenoxy) is 4. The van der Waals surface area contributed by atoms with Crippen LogP contribution in [0.3, 0.4) is 0 Å². The molecule has 9 nitrogen and oxygen atoms in total. The minimum Gasteiger partial charge on any atom is -0.379 e. The molecule has 0 unspecified atom stereocenters. The molecule has 1 N–H and O–H groups in total. The summed E-state index contributed by atoms with van der Waals surface area (Å²) >= 11 is 0. The maximum Gasteiger partial charge on any atom is 0.246 e. The van der Waals surface area contributed by atoms with Gasteiger partial charge < -0.3 is 29.2 Å². The van der Waals surface area contributed by atoms with Crippen molar-refractivity contribution in [3.8, 4) is 0 Å². The Kier molecular flexibility index (Phi) is 18.6. The van der Waals surface area contributed by atoms with Gasteiger partial charge >= 0.3 is 0 Å². The number of carbonyl (C=O) groups is 3. The van der Waals surface area contributed by atoms with Crippen molar-refractivity contribution in [3.05, 3.63) is 12.2 Å². The molecule has 0 aliphatic carbocycles. The summed E-state index contributed by atoms with van der Waals surface area (Å²) in [5.74, 6) is -0.489. The van der Waals surface area contributed by atoms with Crippen molar-refractivity contribution >= 4 is 18.1 Å². The summed E-state index contributed by atoms with van der Waals surface area (Å²) in [6.45, 7) is 6.97. The van der Waals surface area contributed by atoms with E-state index in [2.05, 4.69) is 12.2 Å². The SMILES string of the molecule is CCCOCCOCCOCCOCCNC(=O)CCN(C)C(=O)/C=C\C=O. The van der Waals surface area contributed by atoms with Gasteiger partial charge in [0.1, 0.15) is 6.29 Å². The highest BCUT2D eigenvalue weighted by atomic mass is 16.6. The lowest BCUT2D eigenvalue weighted by Crippen LogP contribution is -2.33. The predicted octanol–water partition coefficient (Wildman–Crippen LogP) is 0.183. The molecule has 0 radical (unpaired) electrons. The molecule has 0 saturated heterocycles. The summed E-state index contributed by atoms with van der Waals surface area (Å²) in [4.78, 5) is 34.7. The summed E-state index contributed by atoms with van der Waals surface area (Å²) in [7, 11) is 1.57. The average Bonchev–Trinajstić information content (AvgIpc) is 2.70. The number of carbonyl (C=O) groups excluding carboxylic acids is 3. The second kappa shape index (κ2) is 19.9. The van der Waals surface area contributed by atoms with Crippen LogP contribution in [0, 0.1) is 0 Å². The van der Waals surface area contributed by atoms with Crippen molar-refractivity contribution in [2.75, 3.05) is 73.0 Å². The van der Waals surface area contributed by atoms with E-state index in [0.29, 0.717) is 59.1 Å². The summed E-state index contributed by atoms with van der Waals surface area (Å²) in [5.41, 5.74) is 0. The second-order valence-corrected chi connectivity index (χ2v) is 5.80. The molecule has 0 aliphatic heterocycles. The van der Waals surface area contributed by atoms with Gasteiger partial charge in [-0.2, -0.15) is 0 Å². The summed E-state index contributed by atoms with van der Waals surface area (Å²) in [6, 6.07) is 0. The van der Waals surface area contributed by atoms with Crippen LogP contribution in [0.1, 0.15) is 19.8 Å². The molecule has 2 amide bonds. The van der Waals surface area contributed by atoms with E-state index in [1.54, 1.807) is 7.05 Å². The van der Waals surface area contributed by atoms with Crippen LogP contribution < -0.4 is 5.32 Å². The lowest BCUT2D eigenvalue weighted by Gasteiger charge is -2.14. The molecule has 0 bridgehead atoms. The Hall–Kier alpha value is -1.81. The van der Waals surface area contributed by atoms with Crippen LogP contribution in [-0.4, -0.2) is 96.0 Å². The second-order valence-electron chi connectivity index (χ2n) is 5.80. The molecule has 9 heteroatoms. The highest BCUT2D eigenvalue weighted by molar-refractivity contribution is 5.91. The molecule has 0 rings (SSSR count). The first kappa shape index (κ1) is 26.2. The van der Waals surface area contributed by atoms with E-state index in [-0.39, 0.29) is 24.8 Å². The molecule has 0 saturated carbocycles. The van der Waals surface area contributed by atoms with Crippen molar-refractivity contribution in [1.29, 1.82) is 0 Å². The van der Waals surface area contributed by atoms with Crippen molar-refractivity contribution in [3.63, 3.8) is 0 Å². The third-order valence-corrected chi connectivity index (χ3v) is 3.40. The minimum atomic E-state index is -0.321. The molecule has 0 spiro atoms. The first-order chi connectivity index (χ1) is 13.6. The third-order valence-electron chi connectivity index (χ3n) is 3.40. The van der Waals surface area contributed by atoms with Crippen LogP contribution in [0.15, 0.2) is 12.2 Å². The molecule has 28 heavy (non-hydrogen) atoms. The van der Waals surface area contributed by atoms with Crippen LogP contribution in [0.5, 0.6) is 0 Å². The van der Waals surface area contributed by atoms with Gasteiger partial charge in [0.25, 0.3) is 0 Å². The van der Waals surface area contributed by atoms with E-state index in [9.17, 15) is 14.4 Å². The molecule has 162 valence electrons. The fraction of sp³-hybridized carbons (Fsp3) is 0.737. The number of likely N-dealkylation sites (N-methyl/N-ethyl adjacent to an activating group) is 1. The van der Waals surface area contributed by atoms with Gasteiger partial charge in [0, 0.05) is 39.2 Å². The topological polar surface area (TPSA) is 103 Å². The zero-order chi connectivity index (χ0) is 20.9. The molecule has 0 atom stereocenters. The third kappa shape index (κ3) is 17.6. The minimum absolute atomic E-state index is 0.168. The van der Waals surface area contributed by atoms with Crippen LogP contribution in [-0.2, 0) is 33.3 Å². The van der Waals surface area contributed by atoms with E-state index in [1.807, 2.05) is 0 Å². The number of amides is 2. The lowest BCUT2D eigenvalue weighted by atomic mass is 10.3. The van der Waals surface area contributed by atoms with Crippen molar-refractivity contribution in [1.82, 2.24) is 10.2 Å². The number of aldehydes is 1.